The number of ether oxygens (including phenoxy) is 2. The number of phenolic OH excluding ortho intramolecular Hbond substituents is 2. The number of benzene rings is 6. The van der Waals surface area contributed by atoms with Crippen LogP contribution < -0.4 is 15.2 Å². The highest BCUT2D eigenvalue weighted by Crippen LogP contribution is 2.46. The van der Waals surface area contributed by atoms with Gasteiger partial charge in [0.2, 0.25) is 0 Å². The van der Waals surface area contributed by atoms with E-state index in [1.165, 1.54) is 38.5 Å². The summed E-state index contributed by atoms with van der Waals surface area (Å²) in [7, 11) is -11.9. The minimum absolute atomic E-state index is 0.0403. The number of nitrogens with zero attached hydrogens (tertiary/aromatic N) is 4. The molecule has 0 heterocycles. The van der Waals surface area contributed by atoms with Crippen molar-refractivity contribution in [1.29, 1.82) is 0 Å². The standard InChI is InChI=1S/C34H27N5O13S3/c1-51-27-12-17(7-9-24(27)36-38-26-16-29(54(45,46)47)21-5-3-4-6-22(21)33(26)40)18-8-10-25(28(13-18)52-2)37-39-32-30(55(48,49)50)14-19-11-20(53(42,43)44)15-23(35)31(19)34(32)41/h3-16,40-41H,35H2,1-2H3,(H,42,43,44)(H,45,46,47)(H,48,49,50). The summed E-state index contributed by atoms with van der Waals surface area (Å²) in [6, 6.07) is 18.8. The normalized spacial score (nSPS) is 12.6. The summed E-state index contributed by atoms with van der Waals surface area (Å²) < 4.78 is 112. The second-order valence-corrected chi connectivity index (χ2v) is 15.8. The van der Waals surface area contributed by atoms with Gasteiger partial charge in [-0.3, -0.25) is 13.7 Å². The molecule has 6 rings (SSSR count). The van der Waals surface area contributed by atoms with Crippen molar-refractivity contribution in [2.45, 2.75) is 14.7 Å². The number of hydrogen-bond acceptors (Lipinski definition) is 15. The van der Waals surface area contributed by atoms with Gasteiger partial charge in [-0.2, -0.15) is 25.3 Å². The van der Waals surface area contributed by atoms with Gasteiger partial charge >= 0.3 is 0 Å². The Kier molecular flexibility index (Phi) is 9.94. The number of azo groups is 2. The Bertz CT molecular complexity index is 2970. The topological polar surface area (TPSA) is 297 Å². The molecule has 6 aromatic rings. The lowest BCUT2D eigenvalue weighted by molar-refractivity contribution is 0.415. The van der Waals surface area contributed by atoms with E-state index in [-0.39, 0.29) is 61.5 Å². The molecular weight excluding hydrogens is 783 g/mol. The number of hydrogen-bond donors (Lipinski definition) is 6. The molecule has 7 N–H and O–H groups in total. The lowest BCUT2D eigenvalue weighted by atomic mass is 10.0. The van der Waals surface area contributed by atoms with Gasteiger partial charge in [0.05, 0.1) is 19.1 Å². The van der Waals surface area contributed by atoms with Crippen molar-refractivity contribution >= 4 is 80.3 Å². The van der Waals surface area contributed by atoms with Gasteiger partial charge in [-0.25, -0.2) is 0 Å². The molecule has 18 nitrogen and oxygen atoms in total. The quantitative estimate of drug-likeness (QED) is 0.0451. The largest absolute Gasteiger partial charge is 0.505 e. The molecule has 0 unspecified atom stereocenters. The number of rotatable bonds is 10. The first-order chi connectivity index (χ1) is 25.8. The van der Waals surface area contributed by atoms with Crippen LogP contribution in [0.4, 0.5) is 28.4 Å². The van der Waals surface area contributed by atoms with E-state index in [1.807, 2.05) is 0 Å². The third-order valence-electron chi connectivity index (χ3n) is 8.18. The highest BCUT2D eigenvalue weighted by Gasteiger charge is 2.25. The lowest BCUT2D eigenvalue weighted by Crippen LogP contribution is -2.02. The van der Waals surface area contributed by atoms with Crippen molar-refractivity contribution in [2.24, 2.45) is 20.5 Å². The summed E-state index contributed by atoms with van der Waals surface area (Å²) in [6.45, 7) is 0. The first kappa shape index (κ1) is 38.5. The Morgan fingerprint density at radius 2 is 1.09 bits per heavy atom. The van der Waals surface area contributed by atoms with Crippen molar-refractivity contribution < 1.29 is 58.6 Å². The third kappa shape index (κ3) is 7.60. The van der Waals surface area contributed by atoms with Gasteiger partial charge in [-0.1, -0.05) is 36.4 Å². The van der Waals surface area contributed by atoms with Crippen molar-refractivity contribution in [3.63, 3.8) is 0 Å². The predicted octanol–water partition coefficient (Wildman–Crippen LogP) is 7.24. The van der Waals surface area contributed by atoms with Crippen LogP contribution in [0.25, 0.3) is 32.7 Å². The fourth-order valence-electron chi connectivity index (χ4n) is 5.63. The highest BCUT2D eigenvalue weighted by atomic mass is 32.2. The molecule has 0 aliphatic heterocycles. The molecule has 0 spiro atoms. The molecular formula is C34H27N5O13S3. The number of fused-ring (bicyclic) bond motifs is 2. The summed E-state index contributed by atoms with van der Waals surface area (Å²) in [5.74, 6) is -0.888. The maximum absolute atomic E-state index is 12.3. The van der Waals surface area contributed by atoms with Crippen LogP contribution in [0.2, 0.25) is 0 Å². The summed E-state index contributed by atoms with van der Waals surface area (Å²) >= 11 is 0. The van der Waals surface area contributed by atoms with Crippen molar-refractivity contribution in [2.75, 3.05) is 20.0 Å². The molecule has 0 radical (unpaired) electrons. The van der Waals surface area contributed by atoms with Gasteiger partial charge in [-0.05, 0) is 65.0 Å². The van der Waals surface area contributed by atoms with E-state index >= 15 is 0 Å². The summed E-state index contributed by atoms with van der Waals surface area (Å²) in [4.78, 5) is -2.10. The summed E-state index contributed by atoms with van der Waals surface area (Å²) in [5, 5.41) is 37.6. The van der Waals surface area contributed by atoms with Crippen LogP contribution in [-0.4, -0.2) is 63.3 Å². The maximum atomic E-state index is 12.3. The molecule has 6 aromatic carbocycles. The average Bonchev–Trinajstić information content (AvgIpc) is 3.12. The smallest absolute Gasteiger partial charge is 0.296 e. The number of phenols is 2. The summed E-state index contributed by atoms with van der Waals surface area (Å²) in [5.41, 5.74) is 5.95. The third-order valence-corrected chi connectivity index (χ3v) is 10.8. The Morgan fingerprint density at radius 1 is 0.564 bits per heavy atom. The molecule has 0 saturated carbocycles. The molecule has 0 aromatic heterocycles. The predicted molar refractivity (Wildman–Crippen MR) is 198 cm³/mol. The van der Waals surface area contributed by atoms with Crippen molar-refractivity contribution in [3.8, 4) is 34.1 Å². The van der Waals surface area contributed by atoms with Crippen molar-refractivity contribution in [1.82, 2.24) is 0 Å². The van der Waals surface area contributed by atoms with Gasteiger partial charge < -0.3 is 25.4 Å². The van der Waals surface area contributed by atoms with Crippen LogP contribution in [0, 0.1) is 0 Å². The molecule has 0 bridgehead atoms. The van der Waals surface area contributed by atoms with Gasteiger partial charge in [-0.15, -0.1) is 20.5 Å². The molecule has 0 amide bonds. The minimum atomic E-state index is -5.09. The van der Waals surface area contributed by atoms with Crippen LogP contribution in [0.5, 0.6) is 23.0 Å². The molecule has 0 atom stereocenters. The SMILES string of the molecule is COc1cc(-c2ccc(N=Nc3c(S(=O)(=O)O)cc4cc(S(=O)(=O)O)cc(N)c4c3O)c(OC)c2)ccc1N=Nc1cc(S(=O)(=O)O)c2ccccc2c1O. The number of methoxy groups -OCH3 is 2. The average molecular weight is 810 g/mol. The first-order valence-corrected chi connectivity index (χ1v) is 19.6. The summed E-state index contributed by atoms with van der Waals surface area (Å²) in [6.07, 6.45) is 0. The number of nitrogens with two attached hydrogens (primary N) is 1. The Hall–Kier alpha value is -6.23. The molecule has 284 valence electrons. The van der Waals surface area contributed by atoms with Gasteiger partial charge in [0.25, 0.3) is 30.4 Å². The minimum Gasteiger partial charge on any atom is -0.505 e. The second-order valence-electron chi connectivity index (χ2n) is 11.6. The fraction of sp³-hybridized carbons (Fsp3) is 0.0588. The molecule has 55 heavy (non-hydrogen) atoms. The van der Waals surface area contributed by atoms with Gasteiger partial charge in [0, 0.05) is 21.8 Å². The zero-order chi connectivity index (χ0) is 40.0. The first-order valence-electron chi connectivity index (χ1n) is 15.3. The Labute approximate surface area is 312 Å². The van der Waals surface area contributed by atoms with E-state index in [0.29, 0.717) is 11.1 Å². The zero-order valence-electron chi connectivity index (χ0n) is 28.2. The number of anilines is 1. The molecule has 0 saturated heterocycles. The van der Waals surface area contributed by atoms with E-state index in [0.717, 1.165) is 24.3 Å². The number of nitrogen functional groups attached to an aromatic ring is 1. The van der Waals surface area contributed by atoms with Crippen LogP contribution >= 0.6 is 0 Å². The second kappa shape index (κ2) is 14.2. The maximum Gasteiger partial charge on any atom is 0.296 e. The van der Waals surface area contributed by atoms with Crippen LogP contribution in [-0.2, 0) is 30.4 Å². The fourth-order valence-corrected chi connectivity index (χ4v) is 7.55. The van der Waals surface area contributed by atoms with Crippen LogP contribution in [0.3, 0.4) is 0 Å². The molecule has 0 aliphatic carbocycles. The van der Waals surface area contributed by atoms with Gasteiger partial charge in [0.1, 0.15) is 44.0 Å². The Balaban J connectivity index is 1.35. The van der Waals surface area contributed by atoms with E-state index in [2.05, 4.69) is 20.5 Å². The van der Waals surface area contributed by atoms with E-state index in [9.17, 15) is 49.1 Å². The van der Waals surface area contributed by atoms with Crippen molar-refractivity contribution in [3.05, 3.63) is 84.9 Å². The molecule has 21 heteroatoms. The Morgan fingerprint density at radius 3 is 1.62 bits per heavy atom. The highest BCUT2D eigenvalue weighted by molar-refractivity contribution is 7.86. The monoisotopic (exact) mass is 809 g/mol. The van der Waals surface area contributed by atoms with E-state index < -0.39 is 56.5 Å². The van der Waals surface area contributed by atoms with E-state index in [1.54, 1.807) is 36.4 Å². The number of aromatic hydroxyl groups is 2. The van der Waals surface area contributed by atoms with Gasteiger partial charge in [0.15, 0.2) is 11.5 Å². The van der Waals surface area contributed by atoms with Crippen LogP contribution in [0.15, 0.2) is 120 Å². The van der Waals surface area contributed by atoms with Crippen LogP contribution in [0.1, 0.15) is 0 Å². The lowest BCUT2D eigenvalue weighted by Gasteiger charge is -2.12. The molecule has 0 fully saturated rings. The molecule has 0 aliphatic rings. The zero-order valence-corrected chi connectivity index (χ0v) is 30.6. The van der Waals surface area contributed by atoms with E-state index in [4.69, 9.17) is 15.2 Å².